The van der Waals surface area contributed by atoms with Gasteiger partial charge in [0.15, 0.2) is 5.92 Å². The van der Waals surface area contributed by atoms with Gasteiger partial charge in [-0.3, -0.25) is 14.5 Å². The van der Waals surface area contributed by atoms with Gasteiger partial charge in [-0.2, -0.15) is 0 Å². The van der Waals surface area contributed by atoms with Crippen LogP contribution in [0.25, 0.3) is 11.0 Å². The molecule has 1 amide bonds. The summed E-state index contributed by atoms with van der Waals surface area (Å²) in [5.74, 6) is -0.263. The number of unbranched alkanes of at least 4 members (excludes halogenated alkanes) is 2. The second kappa shape index (κ2) is 10.2. The molecule has 0 radical (unpaired) electrons. The number of fused-ring (bicyclic) bond motifs is 3. The summed E-state index contributed by atoms with van der Waals surface area (Å²) in [6.45, 7) is 4.52. The van der Waals surface area contributed by atoms with Crippen LogP contribution in [0.5, 0.6) is 11.5 Å². The van der Waals surface area contributed by atoms with Crippen molar-refractivity contribution in [1.82, 2.24) is 9.55 Å². The van der Waals surface area contributed by atoms with Gasteiger partial charge in [-0.15, -0.1) is 0 Å². The number of rotatable bonds is 9. The number of amides is 1. The second-order valence-electron chi connectivity index (χ2n) is 8.25. The van der Waals surface area contributed by atoms with Crippen molar-refractivity contribution in [1.29, 1.82) is 0 Å². The molecule has 2 heterocycles. The lowest BCUT2D eigenvalue weighted by Gasteiger charge is -2.38. The molecule has 0 saturated carbocycles. The summed E-state index contributed by atoms with van der Waals surface area (Å²) in [6.07, 6.45) is 2.81. The quantitative estimate of drug-likeness (QED) is 0.265. The van der Waals surface area contributed by atoms with Crippen LogP contribution in [0.15, 0.2) is 42.5 Å². The molecule has 0 N–H and O–H groups in total. The number of hydrogen-bond acceptors (Lipinski definition) is 6. The molecule has 3 aromatic rings. The lowest BCUT2D eigenvalue weighted by Crippen LogP contribution is -2.50. The Morgan fingerprint density at radius 3 is 2.56 bits per heavy atom. The van der Waals surface area contributed by atoms with Crippen molar-refractivity contribution in [2.24, 2.45) is 5.92 Å². The van der Waals surface area contributed by atoms with Crippen LogP contribution >= 0.6 is 0 Å². The molecule has 4 rings (SSSR count). The lowest BCUT2D eigenvalue weighted by molar-refractivity contribution is -0.153. The van der Waals surface area contributed by atoms with Crippen molar-refractivity contribution < 1.29 is 23.8 Å². The molecule has 2 aromatic carbocycles. The molecule has 1 aliphatic rings. The first-order valence-corrected chi connectivity index (χ1v) is 11.7. The third kappa shape index (κ3) is 4.08. The highest BCUT2D eigenvalue weighted by atomic mass is 16.5. The average molecular weight is 466 g/mol. The first-order chi connectivity index (χ1) is 16.5. The van der Waals surface area contributed by atoms with Crippen LogP contribution in [-0.4, -0.2) is 48.8 Å². The number of ether oxygens (including phenoxy) is 3. The molecule has 0 saturated heterocycles. The Balaban J connectivity index is 1.98. The molecule has 0 fully saturated rings. The summed E-state index contributed by atoms with van der Waals surface area (Å²) >= 11 is 0. The Bertz CT molecular complexity index is 1190. The maximum Gasteiger partial charge on any atom is 0.321 e. The first kappa shape index (κ1) is 23.6. The summed E-state index contributed by atoms with van der Waals surface area (Å²) in [7, 11) is 3.14. The van der Waals surface area contributed by atoms with E-state index in [1.54, 1.807) is 38.2 Å². The molecule has 34 heavy (non-hydrogen) atoms. The molecule has 8 heteroatoms. The average Bonchev–Trinajstić information content (AvgIpc) is 3.24. The molecule has 180 valence electrons. The van der Waals surface area contributed by atoms with Crippen LogP contribution in [0, 0.1) is 5.92 Å². The molecule has 8 nitrogen and oxygen atoms in total. The molecular weight excluding hydrogens is 434 g/mol. The predicted molar refractivity (Wildman–Crippen MR) is 129 cm³/mol. The van der Waals surface area contributed by atoms with E-state index in [-0.39, 0.29) is 12.5 Å². The van der Waals surface area contributed by atoms with Gasteiger partial charge in [0.2, 0.25) is 11.9 Å². The number of hydrogen-bond donors (Lipinski definition) is 0. The Hall–Kier alpha value is -3.55. The summed E-state index contributed by atoms with van der Waals surface area (Å²) in [4.78, 5) is 33.6. The predicted octanol–water partition coefficient (Wildman–Crippen LogP) is 4.36. The number of esters is 1. The van der Waals surface area contributed by atoms with Crippen molar-refractivity contribution in [3.8, 4) is 11.5 Å². The van der Waals surface area contributed by atoms with Gasteiger partial charge >= 0.3 is 5.97 Å². The topological polar surface area (TPSA) is 82.9 Å². The molecule has 0 spiro atoms. The second-order valence-corrected chi connectivity index (χ2v) is 8.25. The van der Waals surface area contributed by atoms with Gasteiger partial charge in [0, 0.05) is 18.2 Å². The van der Waals surface area contributed by atoms with E-state index in [4.69, 9.17) is 19.2 Å². The van der Waals surface area contributed by atoms with Crippen LogP contribution in [0.2, 0.25) is 0 Å². The zero-order valence-electron chi connectivity index (χ0n) is 20.1. The zero-order chi connectivity index (χ0) is 24.2. The van der Waals surface area contributed by atoms with Gasteiger partial charge in [0.05, 0.1) is 37.9 Å². The van der Waals surface area contributed by atoms with E-state index >= 15 is 0 Å². The summed E-state index contributed by atoms with van der Waals surface area (Å²) < 4.78 is 18.4. The fraction of sp³-hybridized carbons (Fsp3) is 0.423. The van der Waals surface area contributed by atoms with Gasteiger partial charge in [0.1, 0.15) is 11.5 Å². The minimum atomic E-state index is -1.08. The van der Waals surface area contributed by atoms with Gasteiger partial charge in [-0.05, 0) is 37.6 Å². The molecule has 1 aliphatic heterocycles. The van der Waals surface area contributed by atoms with Crippen molar-refractivity contribution in [2.45, 2.75) is 39.2 Å². The molecule has 1 aromatic heterocycles. The number of imidazole rings is 1. The monoisotopic (exact) mass is 465 g/mol. The largest absolute Gasteiger partial charge is 0.497 e. The molecular formula is C26H31N3O5. The number of carbonyl (C=O) groups excluding carboxylic acids is 2. The normalized spacial score (nSPS) is 17.5. The van der Waals surface area contributed by atoms with Crippen molar-refractivity contribution >= 4 is 28.9 Å². The Morgan fingerprint density at radius 1 is 1.06 bits per heavy atom. The summed E-state index contributed by atoms with van der Waals surface area (Å²) in [5.41, 5.74) is 2.28. The lowest BCUT2D eigenvalue weighted by atomic mass is 9.88. The van der Waals surface area contributed by atoms with Crippen LogP contribution in [-0.2, 0) is 14.3 Å². The minimum Gasteiger partial charge on any atom is -0.497 e. The van der Waals surface area contributed by atoms with Crippen molar-refractivity contribution in [3.63, 3.8) is 0 Å². The fourth-order valence-corrected chi connectivity index (χ4v) is 4.62. The van der Waals surface area contributed by atoms with E-state index in [0.717, 1.165) is 30.3 Å². The van der Waals surface area contributed by atoms with E-state index in [1.807, 2.05) is 34.9 Å². The third-order valence-corrected chi connectivity index (χ3v) is 6.23. The highest BCUT2D eigenvalue weighted by Gasteiger charge is 2.48. The Kier molecular flexibility index (Phi) is 7.05. The van der Waals surface area contributed by atoms with Gasteiger partial charge in [0.25, 0.3) is 0 Å². The maximum absolute atomic E-state index is 13.9. The van der Waals surface area contributed by atoms with Crippen LogP contribution in [0.1, 0.15) is 44.7 Å². The molecule has 0 unspecified atom stereocenters. The van der Waals surface area contributed by atoms with Crippen LogP contribution in [0.4, 0.5) is 5.95 Å². The first-order valence-electron chi connectivity index (χ1n) is 11.7. The number of carbonyl (C=O) groups is 2. The van der Waals surface area contributed by atoms with E-state index in [9.17, 15) is 9.59 Å². The number of para-hydroxylation sites is 2. The van der Waals surface area contributed by atoms with Gasteiger partial charge in [-0.1, -0.05) is 31.9 Å². The minimum absolute atomic E-state index is 0.183. The molecule has 0 aliphatic carbocycles. The number of methoxy groups -OCH3 is 2. The van der Waals surface area contributed by atoms with E-state index in [1.165, 1.54) is 0 Å². The van der Waals surface area contributed by atoms with Crippen LogP contribution in [0.3, 0.4) is 0 Å². The standard InChI is InChI=1S/C26H31N3O5/c1-5-7-10-15-28-24(30)22(25(31)34-6-2)23(18-14-13-17(32-3)16-21(18)33-4)29-20-12-9-8-11-19(20)27-26(28)29/h8-9,11-14,16,22-23H,5-7,10,15H2,1-4H3/t22-,23-/m1/s1. The molecule has 0 bridgehead atoms. The van der Waals surface area contributed by atoms with E-state index in [2.05, 4.69) is 6.92 Å². The van der Waals surface area contributed by atoms with E-state index < -0.39 is 17.9 Å². The zero-order valence-corrected chi connectivity index (χ0v) is 20.1. The number of anilines is 1. The van der Waals surface area contributed by atoms with Crippen molar-refractivity contribution in [3.05, 3.63) is 48.0 Å². The highest BCUT2D eigenvalue weighted by molar-refractivity contribution is 6.08. The van der Waals surface area contributed by atoms with Gasteiger partial charge < -0.3 is 18.8 Å². The summed E-state index contributed by atoms with van der Waals surface area (Å²) in [5, 5.41) is 0. The van der Waals surface area contributed by atoms with E-state index in [0.29, 0.717) is 29.6 Å². The fourth-order valence-electron chi connectivity index (χ4n) is 4.62. The third-order valence-electron chi connectivity index (χ3n) is 6.23. The Morgan fingerprint density at radius 2 is 1.85 bits per heavy atom. The summed E-state index contributed by atoms with van der Waals surface area (Å²) in [6, 6.07) is 12.4. The van der Waals surface area contributed by atoms with Crippen LogP contribution < -0.4 is 14.4 Å². The highest BCUT2D eigenvalue weighted by Crippen LogP contribution is 2.44. The Labute approximate surface area is 199 Å². The molecule has 2 atom stereocenters. The maximum atomic E-state index is 13.9. The number of nitrogens with zero attached hydrogens (tertiary/aromatic N) is 3. The van der Waals surface area contributed by atoms with Gasteiger partial charge in [-0.25, -0.2) is 4.98 Å². The number of aromatic nitrogens is 2. The SMILES string of the molecule is CCCCCN1C(=O)[C@H](C(=O)OCC)[C@@H](c2ccc(OC)cc2OC)n2c1nc1ccccc12. The number of benzene rings is 2. The smallest absolute Gasteiger partial charge is 0.321 e. The van der Waals surface area contributed by atoms with Crippen molar-refractivity contribution in [2.75, 3.05) is 32.3 Å².